The number of amides is 1. The minimum Gasteiger partial charge on any atom is -0.383 e. The monoisotopic (exact) mass is 406 g/mol. The zero-order valence-corrected chi connectivity index (χ0v) is 17.2. The minimum absolute atomic E-state index is 0.141. The Labute approximate surface area is 168 Å². The van der Waals surface area contributed by atoms with Gasteiger partial charge in [0.05, 0.1) is 12.4 Å². The number of hydrogen-bond acceptors (Lipinski definition) is 7. The zero-order valence-electron chi connectivity index (χ0n) is 15.6. The van der Waals surface area contributed by atoms with E-state index in [0.717, 1.165) is 28.0 Å². The fourth-order valence-electron chi connectivity index (χ4n) is 3.28. The van der Waals surface area contributed by atoms with Gasteiger partial charge in [0, 0.05) is 25.4 Å². The second-order valence-electron chi connectivity index (χ2n) is 6.47. The van der Waals surface area contributed by atoms with Crippen molar-refractivity contribution in [1.82, 2.24) is 10.2 Å². The van der Waals surface area contributed by atoms with Crippen LogP contribution in [0.15, 0.2) is 34.7 Å². The van der Waals surface area contributed by atoms with Crippen LogP contribution in [0.25, 0.3) is 0 Å². The molecule has 1 saturated carbocycles. The predicted octanol–water partition coefficient (Wildman–Crippen LogP) is 4.05. The van der Waals surface area contributed by atoms with Gasteiger partial charge in [-0.15, -0.1) is 10.2 Å². The number of aromatic nitrogens is 2. The Bertz CT molecular complexity index is 705. The Balaban J connectivity index is 1.61. The lowest BCUT2D eigenvalue weighted by atomic mass is 9.93. The van der Waals surface area contributed by atoms with Gasteiger partial charge < -0.3 is 15.0 Å². The molecular weight excluding hydrogens is 380 g/mol. The van der Waals surface area contributed by atoms with Gasteiger partial charge in [0.1, 0.15) is 0 Å². The van der Waals surface area contributed by atoms with Crippen LogP contribution in [0.1, 0.15) is 32.1 Å². The van der Waals surface area contributed by atoms with Crippen molar-refractivity contribution >= 4 is 39.8 Å². The van der Waals surface area contributed by atoms with Crippen molar-refractivity contribution in [2.75, 3.05) is 36.2 Å². The van der Waals surface area contributed by atoms with E-state index in [1.165, 1.54) is 42.4 Å². The number of methoxy groups -OCH3 is 1. The van der Waals surface area contributed by atoms with Crippen LogP contribution in [0, 0.1) is 0 Å². The van der Waals surface area contributed by atoms with E-state index >= 15 is 0 Å². The summed E-state index contributed by atoms with van der Waals surface area (Å²) in [6.07, 6.45) is 5.82. The summed E-state index contributed by atoms with van der Waals surface area (Å²) in [5, 5.41) is 12.2. The van der Waals surface area contributed by atoms with Crippen molar-refractivity contribution in [3.05, 3.63) is 30.3 Å². The van der Waals surface area contributed by atoms with Crippen LogP contribution in [0.2, 0.25) is 0 Å². The molecule has 6 nitrogen and oxygen atoms in total. The fourth-order valence-corrected chi connectivity index (χ4v) is 4.92. The molecule has 0 atom stereocenters. The molecule has 8 heteroatoms. The number of ether oxygens (including phenoxy) is 1. The first-order valence-corrected chi connectivity index (χ1v) is 11.1. The van der Waals surface area contributed by atoms with E-state index in [0.29, 0.717) is 24.9 Å². The lowest BCUT2D eigenvalue weighted by Crippen LogP contribution is -2.42. The maximum atomic E-state index is 13.1. The molecule has 1 aliphatic carbocycles. The molecule has 1 aliphatic rings. The molecular formula is C19H26N4O2S2. The van der Waals surface area contributed by atoms with Crippen molar-refractivity contribution in [1.29, 1.82) is 0 Å². The van der Waals surface area contributed by atoms with Gasteiger partial charge in [-0.25, -0.2) is 0 Å². The number of benzene rings is 1. The molecule has 146 valence electrons. The number of thioether (sulfide) groups is 1. The Kier molecular flexibility index (Phi) is 7.92. The summed E-state index contributed by atoms with van der Waals surface area (Å²) in [7, 11) is 1.67. The smallest absolute Gasteiger partial charge is 0.237 e. The number of hydrogen-bond donors (Lipinski definition) is 1. The molecule has 0 spiro atoms. The number of carbonyl (C=O) groups is 1. The molecule has 1 fully saturated rings. The SMILES string of the molecule is COCCNc1nnc(SCC(=O)N(c2ccccc2)C2CCCCC2)s1. The highest BCUT2D eigenvalue weighted by molar-refractivity contribution is 8.01. The molecule has 0 bridgehead atoms. The second kappa shape index (κ2) is 10.6. The Morgan fingerprint density at radius 1 is 1.26 bits per heavy atom. The summed E-state index contributed by atoms with van der Waals surface area (Å²) in [6, 6.07) is 10.3. The Morgan fingerprint density at radius 2 is 2.04 bits per heavy atom. The Morgan fingerprint density at radius 3 is 2.78 bits per heavy atom. The topological polar surface area (TPSA) is 67.3 Å². The molecule has 0 aliphatic heterocycles. The molecule has 0 radical (unpaired) electrons. The molecule has 2 aromatic rings. The van der Waals surface area contributed by atoms with Crippen LogP contribution in [0.5, 0.6) is 0 Å². The average Bonchev–Trinajstić information content (AvgIpc) is 3.16. The van der Waals surface area contributed by atoms with E-state index in [1.807, 2.05) is 35.2 Å². The van der Waals surface area contributed by atoms with Gasteiger partial charge >= 0.3 is 0 Å². The van der Waals surface area contributed by atoms with E-state index in [9.17, 15) is 4.79 Å². The van der Waals surface area contributed by atoms with Gasteiger partial charge in [-0.1, -0.05) is 60.6 Å². The lowest BCUT2D eigenvalue weighted by Gasteiger charge is -2.34. The minimum atomic E-state index is 0.141. The van der Waals surface area contributed by atoms with Gasteiger partial charge in [-0.3, -0.25) is 4.79 Å². The van der Waals surface area contributed by atoms with Crippen molar-refractivity contribution < 1.29 is 9.53 Å². The Hall–Kier alpha value is -1.64. The lowest BCUT2D eigenvalue weighted by molar-refractivity contribution is -0.116. The maximum absolute atomic E-state index is 13.1. The highest BCUT2D eigenvalue weighted by Crippen LogP contribution is 2.30. The normalized spacial score (nSPS) is 14.9. The van der Waals surface area contributed by atoms with Gasteiger partial charge in [-0.05, 0) is 25.0 Å². The molecule has 3 rings (SSSR count). The number of nitrogens with zero attached hydrogens (tertiary/aromatic N) is 3. The second-order valence-corrected chi connectivity index (χ2v) is 8.67. The van der Waals surface area contributed by atoms with Crippen molar-refractivity contribution in [3.8, 4) is 0 Å². The van der Waals surface area contributed by atoms with Crippen LogP contribution < -0.4 is 10.2 Å². The molecule has 0 unspecified atom stereocenters. The third-order valence-corrected chi connectivity index (χ3v) is 6.55. The largest absolute Gasteiger partial charge is 0.383 e. The molecule has 1 aromatic carbocycles. The highest BCUT2D eigenvalue weighted by atomic mass is 32.2. The third kappa shape index (κ3) is 5.92. The number of anilines is 2. The van der Waals surface area contributed by atoms with Gasteiger partial charge in [0.2, 0.25) is 11.0 Å². The first-order valence-electron chi connectivity index (χ1n) is 9.34. The van der Waals surface area contributed by atoms with E-state index in [2.05, 4.69) is 15.5 Å². The van der Waals surface area contributed by atoms with E-state index in [4.69, 9.17) is 4.74 Å². The summed E-state index contributed by atoms with van der Waals surface area (Å²) in [5.74, 6) is 0.514. The van der Waals surface area contributed by atoms with Crippen LogP contribution in [0.4, 0.5) is 10.8 Å². The van der Waals surface area contributed by atoms with Crippen molar-refractivity contribution in [3.63, 3.8) is 0 Å². The van der Waals surface area contributed by atoms with Gasteiger partial charge in [0.15, 0.2) is 4.34 Å². The number of para-hydroxylation sites is 1. The molecule has 27 heavy (non-hydrogen) atoms. The highest BCUT2D eigenvalue weighted by Gasteiger charge is 2.27. The summed E-state index contributed by atoms with van der Waals surface area (Å²) in [4.78, 5) is 15.1. The van der Waals surface area contributed by atoms with E-state index in [1.54, 1.807) is 7.11 Å². The van der Waals surface area contributed by atoms with Crippen molar-refractivity contribution in [2.24, 2.45) is 0 Å². The predicted molar refractivity (Wildman–Crippen MR) is 112 cm³/mol. The van der Waals surface area contributed by atoms with Crippen LogP contribution in [-0.4, -0.2) is 48.2 Å². The quantitative estimate of drug-likeness (QED) is 0.500. The summed E-state index contributed by atoms with van der Waals surface area (Å²) < 4.78 is 5.82. The molecule has 1 N–H and O–H groups in total. The number of carbonyl (C=O) groups excluding carboxylic acids is 1. The van der Waals surface area contributed by atoms with Crippen LogP contribution >= 0.6 is 23.1 Å². The van der Waals surface area contributed by atoms with Gasteiger partial charge in [-0.2, -0.15) is 0 Å². The van der Waals surface area contributed by atoms with Crippen LogP contribution in [-0.2, 0) is 9.53 Å². The fraction of sp³-hybridized carbons (Fsp3) is 0.526. The molecule has 1 heterocycles. The first kappa shape index (κ1) is 20.1. The summed E-state index contributed by atoms with van der Waals surface area (Å²) in [6.45, 7) is 1.31. The summed E-state index contributed by atoms with van der Waals surface area (Å²) in [5.41, 5.74) is 0.995. The van der Waals surface area contributed by atoms with Gasteiger partial charge in [0.25, 0.3) is 0 Å². The molecule has 0 saturated heterocycles. The molecule has 1 aromatic heterocycles. The number of nitrogens with one attached hydrogen (secondary N) is 1. The van der Waals surface area contributed by atoms with E-state index in [-0.39, 0.29) is 5.91 Å². The molecule has 1 amide bonds. The van der Waals surface area contributed by atoms with Crippen molar-refractivity contribution in [2.45, 2.75) is 42.5 Å². The van der Waals surface area contributed by atoms with E-state index < -0.39 is 0 Å². The van der Waals surface area contributed by atoms with Crippen LogP contribution in [0.3, 0.4) is 0 Å². The first-order chi connectivity index (χ1) is 13.3. The average molecular weight is 407 g/mol. The summed E-state index contributed by atoms with van der Waals surface area (Å²) >= 11 is 2.93. The number of rotatable bonds is 9. The standard InChI is InChI=1S/C19H26N4O2S2/c1-25-13-12-20-18-21-22-19(27-18)26-14-17(24)23(15-8-4-2-5-9-15)16-10-6-3-7-11-16/h2,4-5,8-9,16H,3,6-7,10-14H2,1H3,(H,20,21). The third-order valence-electron chi connectivity index (χ3n) is 4.55. The zero-order chi connectivity index (χ0) is 18.9. The maximum Gasteiger partial charge on any atom is 0.237 e.